The molecular formula is C39H23N3S2. The van der Waals surface area contributed by atoms with Crippen molar-refractivity contribution in [3.63, 3.8) is 0 Å². The first kappa shape index (κ1) is 25.3. The van der Waals surface area contributed by atoms with Crippen LogP contribution in [0, 0.1) is 0 Å². The summed E-state index contributed by atoms with van der Waals surface area (Å²) < 4.78 is 3.84. The predicted molar refractivity (Wildman–Crippen MR) is 187 cm³/mol. The molecule has 0 saturated carbocycles. The lowest BCUT2D eigenvalue weighted by molar-refractivity contribution is 1.08. The van der Waals surface area contributed by atoms with Crippen LogP contribution in [0.3, 0.4) is 0 Å². The van der Waals surface area contributed by atoms with Gasteiger partial charge in [-0.25, -0.2) is 15.0 Å². The van der Waals surface area contributed by atoms with E-state index in [9.17, 15) is 0 Å². The summed E-state index contributed by atoms with van der Waals surface area (Å²) in [6.45, 7) is 0. The van der Waals surface area contributed by atoms with Crippen LogP contribution in [0.4, 0.5) is 0 Å². The molecule has 0 aliphatic rings. The normalized spacial score (nSPS) is 11.6. The largest absolute Gasteiger partial charge is 0.208 e. The van der Waals surface area contributed by atoms with Gasteiger partial charge in [-0.1, -0.05) is 97.1 Å². The number of aromatic nitrogens is 3. The zero-order valence-electron chi connectivity index (χ0n) is 23.4. The van der Waals surface area contributed by atoms with Crippen LogP contribution in [-0.4, -0.2) is 15.0 Å². The third-order valence-electron chi connectivity index (χ3n) is 8.13. The second kappa shape index (κ2) is 10.2. The van der Waals surface area contributed by atoms with Gasteiger partial charge in [-0.15, -0.1) is 22.7 Å². The first-order chi connectivity index (χ1) is 21.7. The Morgan fingerprint density at radius 3 is 1.70 bits per heavy atom. The van der Waals surface area contributed by atoms with Gasteiger partial charge in [0.15, 0.2) is 17.5 Å². The average molecular weight is 598 g/mol. The number of hydrogen-bond donors (Lipinski definition) is 0. The van der Waals surface area contributed by atoms with Crippen molar-refractivity contribution in [1.82, 2.24) is 15.0 Å². The zero-order chi connectivity index (χ0) is 29.0. The van der Waals surface area contributed by atoms with Crippen LogP contribution >= 0.6 is 22.7 Å². The molecule has 0 aliphatic carbocycles. The van der Waals surface area contributed by atoms with E-state index in [1.165, 1.54) is 46.1 Å². The van der Waals surface area contributed by atoms with E-state index in [2.05, 4.69) is 140 Å². The lowest BCUT2D eigenvalue weighted by Crippen LogP contribution is -2.00. The first-order valence-corrected chi connectivity index (χ1v) is 16.1. The average Bonchev–Trinajstić information content (AvgIpc) is 3.69. The van der Waals surface area contributed by atoms with Gasteiger partial charge in [-0.3, -0.25) is 0 Å². The van der Waals surface area contributed by atoms with Gasteiger partial charge in [0.25, 0.3) is 0 Å². The smallest absolute Gasteiger partial charge is 0.164 e. The molecule has 3 aromatic heterocycles. The van der Waals surface area contributed by atoms with Crippen molar-refractivity contribution in [1.29, 1.82) is 0 Å². The van der Waals surface area contributed by atoms with E-state index in [0.29, 0.717) is 17.5 Å². The lowest BCUT2D eigenvalue weighted by Gasteiger charge is -2.10. The van der Waals surface area contributed by atoms with E-state index in [-0.39, 0.29) is 0 Å². The molecule has 3 nitrogen and oxygen atoms in total. The van der Waals surface area contributed by atoms with Crippen LogP contribution < -0.4 is 0 Å². The quantitative estimate of drug-likeness (QED) is 0.203. The molecule has 0 bridgehead atoms. The summed E-state index contributed by atoms with van der Waals surface area (Å²) in [6, 6.07) is 49.3. The molecule has 0 aliphatic heterocycles. The number of hydrogen-bond acceptors (Lipinski definition) is 5. The Hall–Kier alpha value is -5.23. The van der Waals surface area contributed by atoms with E-state index in [0.717, 1.165) is 22.1 Å². The molecule has 5 heteroatoms. The van der Waals surface area contributed by atoms with Crippen LogP contribution in [0.15, 0.2) is 140 Å². The molecule has 0 spiro atoms. The fraction of sp³-hybridized carbons (Fsp3) is 0. The summed E-state index contributed by atoms with van der Waals surface area (Å²) >= 11 is 3.63. The molecule has 206 valence electrons. The minimum Gasteiger partial charge on any atom is -0.208 e. The highest BCUT2D eigenvalue weighted by molar-refractivity contribution is 7.25. The van der Waals surface area contributed by atoms with Gasteiger partial charge in [0.05, 0.1) is 0 Å². The van der Waals surface area contributed by atoms with Gasteiger partial charge in [0.1, 0.15) is 0 Å². The van der Waals surface area contributed by atoms with E-state index in [1.54, 1.807) is 0 Å². The highest BCUT2D eigenvalue weighted by Gasteiger charge is 2.15. The second-order valence-electron chi connectivity index (χ2n) is 10.9. The maximum absolute atomic E-state index is 5.05. The van der Waals surface area contributed by atoms with Crippen LogP contribution in [0.25, 0.3) is 85.6 Å². The monoisotopic (exact) mass is 597 g/mol. The number of fused-ring (bicyclic) bond motifs is 5. The Morgan fingerprint density at radius 2 is 0.909 bits per heavy atom. The van der Waals surface area contributed by atoms with Gasteiger partial charge < -0.3 is 0 Å². The summed E-state index contributed by atoms with van der Waals surface area (Å²) in [5, 5.41) is 6.11. The maximum atomic E-state index is 5.05. The van der Waals surface area contributed by atoms with Crippen molar-refractivity contribution in [3.8, 4) is 44.6 Å². The molecule has 0 radical (unpaired) electrons. The third kappa shape index (κ3) is 4.37. The van der Waals surface area contributed by atoms with Gasteiger partial charge in [-0.05, 0) is 64.2 Å². The SMILES string of the molecule is c1ccc2cc(-c3nc(-c4ccc(-c5cc6ccccc6s5)cc4)nc(-c4ccc5sc6ccccc6c5c4)n3)ccc2c1. The molecular weight excluding hydrogens is 575 g/mol. The van der Waals surface area contributed by atoms with Crippen molar-refractivity contribution in [2.75, 3.05) is 0 Å². The molecule has 0 fully saturated rings. The highest BCUT2D eigenvalue weighted by Crippen LogP contribution is 2.37. The zero-order valence-corrected chi connectivity index (χ0v) is 25.1. The van der Waals surface area contributed by atoms with Crippen molar-refractivity contribution in [2.24, 2.45) is 0 Å². The summed E-state index contributed by atoms with van der Waals surface area (Å²) in [7, 11) is 0. The van der Waals surface area contributed by atoms with Crippen LogP contribution in [0.2, 0.25) is 0 Å². The molecule has 0 saturated heterocycles. The highest BCUT2D eigenvalue weighted by atomic mass is 32.1. The number of rotatable bonds is 4. The maximum Gasteiger partial charge on any atom is 0.164 e. The predicted octanol–water partition coefficient (Wildman–Crippen LogP) is 11.3. The fourth-order valence-corrected chi connectivity index (χ4v) is 8.02. The Balaban J connectivity index is 1.19. The molecule has 44 heavy (non-hydrogen) atoms. The summed E-state index contributed by atoms with van der Waals surface area (Å²) in [4.78, 5) is 16.4. The van der Waals surface area contributed by atoms with Crippen molar-refractivity contribution in [3.05, 3.63) is 140 Å². The number of benzene rings is 6. The van der Waals surface area contributed by atoms with Crippen LogP contribution in [0.1, 0.15) is 0 Å². The van der Waals surface area contributed by atoms with E-state index in [1.807, 2.05) is 22.7 Å². The Kier molecular flexibility index (Phi) is 5.86. The Bertz CT molecular complexity index is 2470. The van der Waals surface area contributed by atoms with E-state index >= 15 is 0 Å². The molecule has 0 N–H and O–H groups in total. The summed E-state index contributed by atoms with van der Waals surface area (Å²) in [6.07, 6.45) is 0. The minimum absolute atomic E-state index is 0.663. The Labute approximate surface area is 261 Å². The molecule has 0 atom stereocenters. The first-order valence-electron chi connectivity index (χ1n) is 14.5. The summed E-state index contributed by atoms with van der Waals surface area (Å²) in [5.41, 5.74) is 4.10. The fourth-order valence-electron chi connectivity index (χ4n) is 5.86. The standard InChI is InChI=1S/C39H23N3S2/c1-2-8-27-21-29(18-13-24(27)7-1)38-40-37(26-16-14-25(15-17-26)36-23-28-9-3-5-11-33(28)43-36)41-39(42-38)30-19-20-35-32(22-30)31-10-4-6-12-34(31)44-35/h1-23H. The van der Waals surface area contributed by atoms with Crippen LogP contribution in [0.5, 0.6) is 0 Å². The van der Waals surface area contributed by atoms with Gasteiger partial charge in [0.2, 0.25) is 0 Å². The number of thiophene rings is 2. The van der Waals surface area contributed by atoms with Crippen molar-refractivity contribution in [2.45, 2.75) is 0 Å². The summed E-state index contributed by atoms with van der Waals surface area (Å²) in [5.74, 6) is 2.00. The molecule has 0 unspecified atom stereocenters. The molecule has 0 amide bonds. The molecule has 9 aromatic rings. The van der Waals surface area contributed by atoms with E-state index < -0.39 is 0 Å². The van der Waals surface area contributed by atoms with Gasteiger partial charge in [0, 0.05) is 46.4 Å². The number of nitrogens with zero attached hydrogens (tertiary/aromatic N) is 3. The minimum atomic E-state index is 0.663. The van der Waals surface area contributed by atoms with Crippen LogP contribution in [-0.2, 0) is 0 Å². The van der Waals surface area contributed by atoms with Gasteiger partial charge >= 0.3 is 0 Å². The molecule has 3 heterocycles. The Morgan fingerprint density at radius 1 is 0.341 bits per heavy atom. The topological polar surface area (TPSA) is 38.7 Å². The second-order valence-corrected chi connectivity index (χ2v) is 13.1. The van der Waals surface area contributed by atoms with Gasteiger partial charge in [-0.2, -0.15) is 0 Å². The molecule has 9 rings (SSSR count). The van der Waals surface area contributed by atoms with Crippen molar-refractivity contribution >= 4 is 63.7 Å². The lowest BCUT2D eigenvalue weighted by atomic mass is 10.1. The molecule has 6 aromatic carbocycles. The third-order valence-corrected chi connectivity index (χ3v) is 10.4. The van der Waals surface area contributed by atoms with Crippen molar-refractivity contribution < 1.29 is 0 Å². The van der Waals surface area contributed by atoms with E-state index in [4.69, 9.17) is 15.0 Å².